The van der Waals surface area contributed by atoms with E-state index in [2.05, 4.69) is 20.0 Å². The van der Waals surface area contributed by atoms with Gasteiger partial charge in [-0.2, -0.15) is 9.36 Å². The van der Waals surface area contributed by atoms with Crippen molar-refractivity contribution in [2.75, 3.05) is 23.8 Å². The number of rotatable bonds is 6. The summed E-state index contributed by atoms with van der Waals surface area (Å²) >= 11 is 7.08. The number of hydrogen-bond acceptors (Lipinski definition) is 10. The van der Waals surface area contributed by atoms with Gasteiger partial charge in [0.1, 0.15) is 18.0 Å². The highest BCUT2D eigenvalue weighted by atomic mass is 35.5. The summed E-state index contributed by atoms with van der Waals surface area (Å²) in [6.07, 6.45) is 0.479. The van der Waals surface area contributed by atoms with E-state index in [0.29, 0.717) is 71.4 Å². The lowest BCUT2D eigenvalue weighted by Crippen LogP contribution is -2.45. The fraction of sp³-hybridized carbons (Fsp3) is 0.400. The molecule has 0 radical (unpaired) electrons. The topological polar surface area (TPSA) is 141 Å². The van der Waals surface area contributed by atoms with Gasteiger partial charge in [0.25, 0.3) is 5.56 Å². The Bertz CT molecular complexity index is 1800. The largest absolute Gasteiger partial charge is 0.447 e. The molecule has 2 N–H and O–H groups in total. The van der Waals surface area contributed by atoms with Crippen LogP contribution in [-0.2, 0) is 16.0 Å². The number of carbonyl (C=O) groups is 2. The van der Waals surface area contributed by atoms with Crippen LogP contribution in [0.1, 0.15) is 45.0 Å². The molecule has 0 aliphatic carbocycles. The maximum atomic E-state index is 13.9. The zero-order chi connectivity index (χ0) is 31.2. The molecule has 2 aliphatic rings. The van der Waals surface area contributed by atoms with Crippen LogP contribution >= 0.6 is 23.1 Å². The van der Waals surface area contributed by atoms with Gasteiger partial charge in [0.15, 0.2) is 5.82 Å². The quantitative estimate of drug-likeness (QED) is 0.274. The summed E-state index contributed by atoms with van der Waals surface area (Å²) in [4.78, 5) is 49.3. The molecule has 2 fully saturated rings. The van der Waals surface area contributed by atoms with E-state index in [0.717, 1.165) is 17.1 Å². The van der Waals surface area contributed by atoms with Crippen LogP contribution in [0, 0.1) is 6.92 Å². The van der Waals surface area contributed by atoms with Gasteiger partial charge in [0.05, 0.1) is 23.5 Å². The molecule has 4 aromatic rings. The molecule has 2 aliphatic heterocycles. The Kier molecular flexibility index (Phi) is 7.93. The Morgan fingerprint density at radius 1 is 1.18 bits per heavy atom. The summed E-state index contributed by atoms with van der Waals surface area (Å²) in [5.41, 5.74) is 1.87. The van der Waals surface area contributed by atoms with E-state index < -0.39 is 11.7 Å². The number of anilines is 2. The minimum absolute atomic E-state index is 0.00893. The van der Waals surface area contributed by atoms with E-state index in [4.69, 9.17) is 26.1 Å². The number of nitrogens with zero attached hydrogens (tertiary/aromatic N) is 5. The van der Waals surface area contributed by atoms with Crippen LogP contribution in [-0.4, -0.2) is 66.8 Å². The molecule has 2 saturated heterocycles. The third kappa shape index (κ3) is 6.34. The van der Waals surface area contributed by atoms with E-state index in [1.54, 1.807) is 61.4 Å². The Hall–Kier alpha value is -4.23. The number of hydrogen-bond donors (Lipinski definition) is 2. The van der Waals surface area contributed by atoms with Gasteiger partial charge in [0, 0.05) is 40.4 Å². The van der Waals surface area contributed by atoms with Gasteiger partial charge in [-0.15, -0.1) is 0 Å². The number of piperidine rings is 1. The van der Waals surface area contributed by atoms with Crippen LogP contribution in [0.5, 0.6) is 0 Å². The lowest BCUT2D eigenvalue weighted by Gasteiger charge is -2.33. The van der Waals surface area contributed by atoms with Crippen LogP contribution in [0.3, 0.4) is 0 Å². The van der Waals surface area contributed by atoms with Crippen molar-refractivity contribution in [3.63, 3.8) is 0 Å². The highest BCUT2D eigenvalue weighted by molar-refractivity contribution is 7.10. The Morgan fingerprint density at radius 3 is 2.70 bits per heavy atom. The van der Waals surface area contributed by atoms with Crippen molar-refractivity contribution >= 4 is 57.0 Å². The van der Waals surface area contributed by atoms with E-state index in [1.807, 2.05) is 12.1 Å². The van der Waals surface area contributed by atoms with Crippen molar-refractivity contribution in [2.45, 2.75) is 64.8 Å². The van der Waals surface area contributed by atoms with Gasteiger partial charge in [-0.3, -0.25) is 14.7 Å². The van der Waals surface area contributed by atoms with Gasteiger partial charge in [-0.1, -0.05) is 23.7 Å². The number of halogens is 1. The lowest BCUT2D eigenvalue weighted by molar-refractivity contribution is 0.0636. The average Bonchev–Trinajstić information content (AvgIpc) is 3.57. The number of fused-ring (bicyclic) bond motifs is 2. The first-order valence-corrected chi connectivity index (χ1v) is 15.4. The number of ether oxygens (including phenoxy) is 2. The predicted octanol–water partition coefficient (Wildman–Crippen LogP) is 5.67. The van der Waals surface area contributed by atoms with E-state index >= 15 is 0 Å². The van der Waals surface area contributed by atoms with Crippen LogP contribution in [0.15, 0.2) is 41.2 Å². The summed E-state index contributed by atoms with van der Waals surface area (Å²) in [6.45, 7) is 8.40. The molecule has 12 nitrogen and oxygen atoms in total. The maximum Gasteiger partial charge on any atom is 0.414 e. The summed E-state index contributed by atoms with van der Waals surface area (Å²) in [6, 6.07) is 10.9. The molecule has 2 atom stereocenters. The standard InChI is InChI=1S/C30H32ClN7O5S/c1-16-32-24-12-21(25-34-27(44-36-25)35-28(40)43-30(2,3)4)23(33-19-9-10-37-20(11-19)15-42-29(37)41)13-22(24)26(39)38(16)14-17-5-7-18(31)8-6-17/h5-8,12-13,19-20,33H,9-11,14-15H2,1-4H3,(H,34,35,36,40)/t19-,20-/m0/s1. The molecule has 14 heteroatoms. The summed E-state index contributed by atoms with van der Waals surface area (Å²) in [7, 11) is 0. The number of aryl methyl sites for hydroxylation is 1. The summed E-state index contributed by atoms with van der Waals surface area (Å²) in [5, 5.41) is 7.58. The third-order valence-corrected chi connectivity index (χ3v) is 8.40. The van der Waals surface area contributed by atoms with Gasteiger partial charge >= 0.3 is 12.2 Å². The van der Waals surface area contributed by atoms with Crippen LogP contribution in [0.25, 0.3) is 22.3 Å². The number of carbonyl (C=O) groups excluding carboxylic acids is 2. The second kappa shape index (κ2) is 11.7. The molecule has 230 valence electrons. The van der Waals surface area contributed by atoms with E-state index in [1.165, 1.54) is 0 Å². The highest BCUT2D eigenvalue weighted by Crippen LogP contribution is 2.34. The summed E-state index contributed by atoms with van der Waals surface area (Å²) < 4.78 is 16.7. The lowest BCUT2D eigenvalue weighted by atomic mass is 9.97. The first kappa shape index (κ1) is 29.8. The van der Waals surface area contributed by atoms with E-state index in [-0.39, 0.29) is 28.9 Å². The molecule has 2 aromatic heterocycles. The minimum atomic E-state index is -0.665. The number of cyclic esters (lactones) is 1. The highest BCUT2D eigenvalue weighted by Gasteiger charge is 2.38. The smallest absolute Gasteiger partial charge is 0.414 e. The molecule has 2 amide bonds. The van der Waals surface area contributed by atoms with Crippen LogP contribution < -0.4 is 16.2 Å². The van der Waals surface area contributed by atoms with Gasteiger partial charge in [-0.05, 0) is 70.4 Å². The number of nitrogens with one attached hydrogen (secondary N) is 2. The molecule has 0 saturated carbocycles. The Balaban J connectivity index is 1.37. The molecule has 0 bridgehead atoms. The molecule has 44 heavy (non-hydrogen) atoms. The molecule has 0 spiro atoms. The fourth-order valence-corrected chi connectivity index (χ4v) is 6.16. The van der Waals surface area contributed by atoms with Crippen molar-refractivity contribution in [3.8, 4) is 11.4 Å². The van der Waals surface area contributed by atoms with Crippen molar-refractivity contribution in [1.29, 1.82) is 0 Å². The van der Waals surface area contributed by atoms with Gasteiger partial charge in [-0.25, -0.2) is 14.6 Å². The van der Waals surface area contributed by atoms with Crippen molar-refractivity contribution < 1.29 is 19.1 Å². The zero-order valence-corrected chi connectivity index (χ0v) is 26.3. The third-order valence-electron chi connectivity index (χ3n) is 7.52. The van der Waals surface area contributed by atoms with Crippen molar-refractivity contribution in [3.05, 3.63) is 63.2 Å². The molecular weight excluding hydrogens is 606 g/mol. The second-order valence-electron chi connectivity index (χ2n) is 11.9. The van der Waals surface area contributed by atoms with Crippen molar-refractivity contribution in [2.24, 2.45) is 0 Å². The van der Waals surface area contributed by atoms with Gasteiger partial charge in [0.2, 0.25) is 5.13 Å². The Morgan fingerprint density at radius 2 is 1.95 bits per heavy atom. The normalized spacial score (nSPS) is 18.2. The molecule has 4 heterocycles. The fourth-order valence-electron chi connectivity index (χ4n) is 5.47. The number of amides is 2. The predicted molar refractivity (Wildman–Crippen MR) is 169 cm³/mol. The maximum absolute atomic E-state index is 13.9. The molecule has 0 unspecified atom stereocenters. The van der Waals surface area contributed by atoms with Crippen molar-refractivity contribution in [1.82, 2.24) is 23.8 Å². The van der Waals surface area contributed by atoms with Crippen LogP contribution in [0.4, 0.5) is 20.4 Å². The van der Waals surface area contributed by atoms with E-state index in [9.17, 15) is 14.4 Å². The molecule has 6 rings (SSSR count). The first-order chi connectivity index (χ1) is 20.9. The van der Waals surface area contributed by atoms with Gasteiger partial charge < -0.3 is 19.7 Å². The molecule has 2 aromatic carbocycles. The first-order valence-electron chi connectivity index (χ1n) is 14.3. The minimum Gasteiger partial charge on any atom is -0.447 e. The molecular formula is C30H32ClN7O5S. The monoisotopic (exact) mass is 637 g/mol. The Labute approximate surface area is 262 Å². The number of benzene rings is 2. The second-order valence-corrected chi connectivity index (χ2v) is 13.1. The summed E-state index contributed by atoms with van der Waals surface area (Å²) in [5.74, 6) is 0.924. The zero-order valence-electron chi connectivity index (χ0n) is 24.7. The number of aromatic nitrogens is 4. The average molecular weight is 638 g/mol. The van der Waals surface area contributed by atoms with Crippen LogP contribution in [0.2, 0.25) is 5.02 Å². The SMILES string of the molecule is Cc1nc2cc(-c3nsc(NC(=O)OC(C)(C)C)n3)c(N[C@H]3CCN4C(=O)OC[C@@H]4C3)cc2c(=O)n1Cc1ccc(Cl)cc1.